The van der Waals surface area contributed by atoms with E-state index in [1.807, 2.05) is 0 Å². The molecule has 0 bridgehead atoms. The van der Waals surface area contributed by atoms with E-state index in [1.54, 1.807) is 6.92 Å². The van der Waals surface area contributed by atoms with E-state index >= 15 is 0 Å². The number of aromatic nitrogens is 2. The molecule has 0 radical (unpaired) electrons. The lowest BCUT2D eigenvalue weighted by molar-refractivity contribution is 0.178. The zero-order valence-corrected chi connectivity index (χ0v) is 12.4. The summed E-state index contributed by atoms with van der Waals surface area (Å²) in [6, 6.07) is -0.00151. The molecule has 1 unspecified atom stereocenters. The van der Waals surface area contributed by atoms with Gasteiger partial charge >= 0.3 is 0 Å². The predicted octanol–water partition coefficient (Wildman–Crippen LogP) is 0.424. The van der Waals surface area contributed by atoms with Crippen LogP contribution < -0.4 is 4.72 Å². The van der Waals surface area contributed by atoms with Crippen molar-refractivity contribution in [2.75, 3.05) is 13.1 Å². The Kier molecular flexibility index (Phi) is 3.78. The molecule has 0 amide bonds. The van der Waals surface area contributed by atoms with Crippen LogP contribution in [0.1, 0.15) is 37.5 Å². The number of piperidine rings is 1. The van der Waals surface area contributed by atoms with Gasteiger partial charge in [0.25, 0.3) is 0 Å². The molecule has 1 saturated heterocycles. The molecule has 1 aliphatic carbocycles. The maximum Gasteiger partial charge on any atom is 0.230 e. The standard InChI is InChI=1S/C12H20N4O3S/c1-9-13-14-12(19-9)8-16-6-2-3-10(7-16)15-20(17,18)11-4-5-11/h10-11,15H,2-8H2,1H3. The van der Waals surface area contributed by atoms with Crippen LogP contribution in [-0.2, 0) is 16.6 Å². The van der Waals surface area contributed by atoms with E-state index in [0.717, 1.165) is 32.2 Å². The normalized spacial score (nSPS) is 24.9. The molecule has 0 spiro atoms. The zero-order valence-electron chi connectivity index (χ0n) is 11.6. The van der Waals surface area contributed by atoms with Gasteiger partial charge in [-0.1, -0.05) is 0 Å². The maximum atomic E-state index is 12.0. The highest BCUT2D eigenvalue weighted by Crippen LogP contribution is 2.28. The molecule has 2 heterocycles. The second kappa shape index (κ2) is 5.42. The quantitative estimate of drug-likeness (QED) is 0.848. The molecule has 3 rings (SSSR count). The van der Waals surface area contributed by atoms with Gasteiger partial charge in [0, 0.05) is 19.5 Å². The fourth-order valence-electron chi connectivity index (χ4n) is 2.59. The lowest BCUT2D eigenvalue weighted by atomic mass is 10.1. The molecular formula is C12H20N4O3S. The van der Waals surface area contributed by atoms with Gasteiger partial charge < -0.3 is 4.42 Å². The molecule has 8 heteroatoms. The summed E-state index contributed by atoms with van der Waals surface area (Å²) < 4.78 is 32.1. The summed E-state index contributed by atoms with van der Waals surface area (Å²) in [5.41, 5.74) is 0. The van der Waals surface area contributed by atoms with Gasteiger partial charge in [-0.25, -0.2) is 13.1 Å². The third-order valence-electron chi connectivity index (χ3n) is 3.73. The largest absolute Gasteiger partial charge is 0.424 e. The van der Waals surface area contributed by atoms with E-state index in [9.17, 15) is 8.42 Å². The number of likely N-dealkylation sites (tertiary alicyclic amines) is 1. The lowest BCUT2D eigenvalue weighted by Gasteiger charge is -2.32. The number of nitrogens with one attached hydrogen (secondary N) is 1. The van der Waals surface area contributed by atoms with Gasteiger partial charge in [-0.3, -0.25) is 4.90 Å². The monoisotopic (exact) mass is 300 g/mol. The number of rotatable bonds is 5. The first kappa shape index (κ1) is 14.0. The average Bonchev–Trinajstić information content (AvgIpc) is 3.15. The first-order valence-corrected chi connectivity index (χ1v) is 8.60. The fourth-order valence-corrected chi connectivity index (χ4v) is 4.20. The van der Waals surface area contributed by atoms with Gasteiger partial charge in [-0.2, -0.15) is 0 Å². The smallest absolute Gasteiger partial charge is 0.230 e. The number of nitrogens with zero attached hydrogens (tertiary/aromatic N) is 3. The van der Waals surface area contributed by atoms with Crippen LogP contribution in [0.2, 0.25) is 0 Å². The number of hydrogen-bond donors (Lipinski definition) is 1. The van der Waals surface area contributed by atoms with Crippen LogP contribution >= 0.6 is 0 Å². The summed E-state index contributed by atoms with van der Waals surface area (Å²) in [6.45, 7) is 3.98. The van der Waals surface area contributed by atoms with Crippen molar-refractivity contribution >= 4 is 10.0 Å². The first-order chi connectivity index (χ1) is 9.53. The molecule has 7 nitrogen and oxygen atoms in total. The van der Waals surface area contributed by atoms with Crippen LogP contribution in [0.5, 0.6) is 0 Å². The van der Waals surface area contributed by atoms with Gasteiger partial charge in [0.2, 0.25) is 21.8 Å². The number of sulfonamides is 1. The van der Waals surface area contributed by atoms with Gasteiger partial charge in [0.15, 0.2) is 0 Å². The Morgan fingerprint density at radius 3 is 2.80 bits per heavy atom. The average molecular weight is 300 g/mol. The topological polar surface area (TPSA) is 88.3 Å². The fraction of sp³-hybridized carbons (Fsp3) is 0.833. The molecule has 1 N–H and O–H groups in total. The summed E-state index contributed by atoms with van der Waals surface area (Å²) in [4.78, 5) is 2.16. The third kappa shape index (κ3) is 3.36. The molecule has 1 atom stereocenters. The minimum Gasteiger partial charge on any atom is -0.424 e. The van der Waals surface area contributed by atoms with E-state index in [-0.39, 0.29) is 11.3 Å². The summed E-state index contributed by atoms with van der Waals surface area (Å²) in [5, 5.41) is 7.63. The van der Waals surface area contributed by atoms with E-state index in [4.69, 9.17) is 4.42 Å². The summed E-state index contributed by atoms with van der Waals surface area (Å²) >= 11 is 0. The van der Waals surface area contributed by atoms with E-state index < -0.39 is 10.0 Å². The lowest BCUT2D eigenvalue weighted by Crippen LogP contribution is -2.48. The van der Waals surface area contributed by atoms with Crippen molar-refractivity contribution in [2.24, 2.45) is 0 Å². The first-order valence-electron chi connectivity index (χ1n) is 7.05. The highest BCUT2D eigenvalue weighted by Gasteiger charge is 2.37. The Balaban J connectivity index is 1.56. The second-order valence-electron chi connectivity index (χ2n) is 5.65. The van der Waals surface area contributed by atoms with E-state index in [1.165, 1.54) is 0 Å². The Morgan fingerprint density at radius 1 is 1.35 bits per heavy atom. The Morgan fingerprint density at radius 2 is 2.15 bits per heavy atom. The third-order valence-corrected chi connectivity index (χ3v) is 5.74. The molecular weight excluding hydrogens is 280 g/mol. The van der Waals surface area contributed by atoms with Crippen LogP contribution in [0.25, 0.3) is 0 Å². The zero-order chi connectivity index (χ0) is 14.2. The SMILES string of the molecule is Cc1nnc(CN2CCCC(NS(=O)(=O)C3CC3)C2)o1. The Labute approximate surface area is 118 Å². The van der Waals surface area contributed by atoms with Gasteiger partial charge in [0.05, 0.1) is 11.8 Å². The molecule has 1 aliphatic heterocycles. The maximum absolute atomic E-state index is 12.0. The predicted molar refractivity (Wildman–Crippen MR) is 72.4 cm³/mol. The highest BCUT2D eigenvalue weighted by atomic mass is 32.2. The molecule has 2 aliphatic rings. The van der Waals surface area contributed by atoms with E-state index in [2.05, 4.69) is 19.8 Å². The molecule has 1 saturated carbocycles. The molecule has 2 fully saturated rings. The summed E-state index contributed by atoms with van der Waals surface area (Å²) in [5.74, 6) is 1.15. The van der Waals surface area contributed by atoms with Crippen molar-refractivity contribution in [3.05, 3.63) is 11.8 Å². The van der Waals surface area contributed by atoms with Crippen LogP contribution in [0.3, 0.4) is 0 Å². The Bertz CT molecular complexity index is 567. The highest BCUT2D eigenvalue weighted by molar-refractivity contribution is 7.90. The molecule has 20 heavy (non-hydrogen) atoms. The van der Waals surface area contributed by atoms with Crippen molar-refractivity contribution in [1.82, 2.24) is 19.8 Å². The van der Waals surface area contributed by atoms with Crippen LogP contribution in [-0.4, -0.2) is 47.9 Å². The van der Waals surface area contributed by atoms with Crippen LogP contribution in [0.15, 0.2) is 4.42 Å². The van der Waals surface area contributed by atoms with Crippen molar-refractivity contribution < 1.29 is 12.8 Å². The summed E-state index contributed by atoms with van der Waals surface area (Å²) in [7, 11) is -3.11. The van der Waals surface area contributed by atoms with Crippen molar-refractivity contribution in [2.45, 2.75) is 50.4 Å². The number of aryl methyl sites for hydroxylation is 1. The van der Waals surface area contributed by atoms with Crippen molar-refractivity contribution in [3.63, 3.8) is 0 Å². The van der Waals surface area contributed by atoms with Crippen molar-refractivity contribution in [1.29, 1.82) is 0 Å². The van der Waals surface area contributed by atoms with Gasteiger partial charge in [-0.15, -0.1) is 10.2 Å². The molecule has 1 aromatic heterocycles. The second-order valence-corrected chi connectivity index (χ2v) is 7.64. The minimum atomic E-state index is -3.11. The van der Waals surface area contributed by atoms with Crippen LogP contribution in [0.4, 0.5) is 0 Å². The van der Waals surface area contributed by atoms with Gasteiger partial charge in [0.1, 0.15) is 0 Å². The number of hydrogen-bond acceptors (Lipinski definition) is 6. The Hall–Kier alpha value is -0.990. The van der Waals surface area contributed by atoms with Gasteiger partial charge in [-0.05, 0) is 32.2 Å². The molecule has 112 valence electrons. The van der Waals surface area contributed by atoms with E-state index in [0.29, 0.717) is 24.9 Å². The van der Waals surface area contributed by atoms with Crippen LogP contribution in [0, 0.1) is 6.92 Å². The summed E-state index contributed by atoms with van der Waals surface area (Å²) in [6.07, 6.45) is 3.47. The molecule has 0 aromatic carbocycles. The minimum absolute atomic E-state index is 0.00151. The van der Waals surface area contributed by atoms with Crippen molar-refractivity contribution in [3.8, 4) is 0 Å². The molecule has 1 aromatic rings.